The molecule has 2 nitrogen and oxygen atoms in total. The van der Waals surface area contributed by atoms with Crippen molar-refractivity contribution in [3.8, 4) is 0 Å². The van der Waals surface area contributed by atoms with Crippen LogP contribution in [0.1, 0.15) is 25.3 Å². The second-order valence-electron chi connectivity index (χ2n) is 7.89. The van der Waals surface area contributed by atoms with Gasteiger partial charge in [-0.05, 0) is 59.9 Å². The molecule has 1 aliphatic heterocycles. The summed E-state index contributed by atoms with van der Waals surface area (Å²) >= 11 is 3.66. The van der Waals surface area contributed by atoms with Crippen LogP contribution in [0.5, 0.6) is 0 Å². The van der Waals surface area contributed by atoms with Crippen molar-refractivity contribution in [2.75, 3.05) is 36.4 Å². The van der Waals surface area contributed by atoms with Crippen molar-refractivity contribution in [3.63, 3.8) is 0 Å². The van der Waals surface area contributed by atoms with Crippen LogP contribution in [0, 0.1) is 11.8 Å². The van der Waals surface area contributed by atoms with Crippen LogP contribution in [0.15, 0.2) is 59.5 Å². The lowest BCUT2D eigenvalue weighted by molar-refractivity contribution is 0.0684. The van der Waals surface area contributed by atoms with Gasteiger partial charge in [-0.1, -0.05) is 49.2 Å². The largest absolute Gasteiger partial charge is 0.330 e. The van der Waals surface area contributed by atoms with Crippen LogP contribution in [0.25, 0.3) is 0 Å². The van der Waals surface area contributed by atoms with Crippen molar-refractivity contribution >= 4 is 29.4 Å². The molecule has 3 unspecified atom stereocenters. The van der Waals surface area contributed by atoms with Gasteiger partial charge in [0.05, 0.1) is 0 Å². The molecule has 0 aromatic heterocycles. The fraction of sp³-hybridized carbons (Fsp3) is 0.478. The molecule has 2 aliphatic rings. The highest BCUT2D eigenvalue weighted by molar-refractivity contribution is 7.99. The highest BCUT2D eigenvalue weighted by Crippen LogP contribution is 2.58. The van der Waals surface area contributed by atoms with Crippen LogP contribution in [-0.2, 0) is 5.41 Å². The maximum Gasteiger partial charge on any atom is 0.0442 e. The lowest BCUT2D eigenvalue weighted by Gasteiger charge is -2.52. The Balaban J connectivity index is 1.37. The zero-order chi connectivity index (χ0) is 18.7. The predicted octanol–water partition coefficient (Wildman–Crippen LogP) is 5.77. The van der Waals surface area contributed by atoms with Crippen molar-refractivity contribution < 1.29 is 0 Å². The van der Waals surface area contributed by atoms with E-state index in [1.165, 1.54) is 48.8 Å². The first-order valence-corrected chi connectivity index (χ1v) is 12.3. The molecule has 0 radical (unpaired) electrons. The molecule has 0 spiro atoms. The first kappa shape index (κ1) is 19.2. The Morgan fingerprint density at radius 1 is 1.11 bits per heavy atom. The Labute approximate surface area is 172 Å². The van der Waals surface area contributed by atoms with Gasteiger partial charge in [-0.25, -0.2) is 0 Å². The second kappa shape index (κ2) is 8.50. The minimum atomic E-state index is 0.391. The van der Waals surface area contributed by atoms with Crippen LogP contribution in [-0.4, -0.2) is 36.5 Å². The summed E-state index contributed by atoms with van der Waals surface area (Å²) in [5.41, 5.74) is 3.18. The number of nitrogens with one attached hydrogen (secondary N) is 1. The highest BCUT2D eigenvalue weighted by Gasteiger charge is 2.56. The van der Waals surface area contributed by atoms with Gasteiger partial charge in [-0.3, -0.25) is 0 Å². The molecule has 4 rings (SSSR count). The van der Waals surface area contributed by atoms with Crippen LogP contribution in [0.4, 0.5) is 5.69 Å². The summed E-state index contributed by atoms with van der Waals surface area (Å²) < 4.78 is 3.41. The summed E-state index contributed by atoms with van der Waals surface area (Å²) in [6, 6.07) is 20.0. The summed E-state index contributed by atoms with van der Waals surface area (Å²) in [5.74, 6) is 2.91. The zero-order valence-corrected chi connectivity index (χ0v) is 18.0. The quantitative estimate of drug-likeness (QED) is 0.448. The Hall–Kier alpha value is -1.10. The third-order valence-electron chi connectivity index (χ3n) is 6.56. The Morgan fingerprint density at radius 3 is 2.74 bits per heavy atom. The summed E-state index contributed by atoms with van der Waals surface area (Å²) in [6.45, 7) is 6.16. The molecular formula is C23H30N2S2. The lowest BCUT2D eigenvalue weighted by atomic mass is 9.51. The molecule has 1 N–H and O–H groups in total. The molecule has 144 valence electrons. The number of thioether (sulfide) groups is 1. The van der Waals surface area contributed by atoms with E-state index in [-0.39, 0.29) is 0 Å². The number of hydrogen-bond acceptors (Lipinski definition) is 4. The number of fused-ring (bicyclic) bond motifs is 1. The molecular weight excluding hydrogens is 368 g/mol. The maximum atomic E-state index is 3.41. The van der Waals surface area contributed by atoms with Crippen molar-refractivity contribution in [2.24, 2.45) is 11.8 Å². The Kier molecular flexibility index (Phi) is 6.05. The number of hydrogen-bond donors (Lipinski definition) is 1. The molecule has 1 aliphatic carbocycles. The van der Waals surface area contributed by atoms with Gasteiger partial charge in [0, 0.05) is 42.2 Å². The second-order valence-corrected chi connectivity index (χ2v) is 9.67. The predicted molar refractivity (Wildman–Crippen MR) is 121 cm³/mol. The van der Waals surface area contributed by atoms with E-state index in [1.807, 2.05) is 11.8 Å². The number of anilines is 1. The summed E-state index contributed by atoms with van der Waals surface area (Å²) in [5, 5.41) is 0. The van der Waals surface area contributed by atoms with Crippen LogP contribution >= 0.6 is 23.7 Å². The monoisotopic (exact) mass is 398 g/mol. The van der Waals surface area contributed by atoms with Gasteiger partial charge in [-0.15, -0.1) is 11.8 Å². The standard InChI is InChI=1S/C23H30N2S2/c1-3-23(19-8-7-9-20(14-19)24-26-2)15-18-16-25(17-22(18)23)12-13-27-21-10-5-4-6-11-21/h4-11,14,18,22,24H,3,12-13,15-17H2,1-2H3. The van der Waals surface area contributed by atoms with Crippen LogP contribution in [0.3, 0.4) is 0 Å². The van der Waals surface area contributed by atoms with Gasteiger partial charge in [-0.2, -0.15) is 0 Å². The Bertz CT molecular complexity index is 751. The Morgan fingerprint density at radius 2 is 1.96 bits per heavy atom. The van der Waals surface area contributed by atoms with Crippen molar-refractivity contribution in [3.05, 3.63) is 60.2 Å². The molecule has 1 saturated carbocycles. The van der Waals surface area contributed by atoms with E-state index in [4.69, 9.17) is 0 Å². The van der Waals surface area contributed by atoms with Crippen LogP contribution < -0.4 is 4.72 Å². The van der Waals surface area contributed by atoms with Gasteiger partial charge in [0.1, 0.15) is 0 Å². The lowest BCUT2D eigenvalue weighted by Crippen LogP contribution is -2.50. The molecule has 0 amide bonds. The first-order valence-electron chi connectivity index (χ1n) is 10.0. The number of likely N-dealkylation sites (tertiary alicyclic amines) is 1. The van der Waals surface area contributed by atoms with E-state index in [2.05, 4.69) is 77.4 Å². The normalized spacial score (nSPS) is 27.2. The van der Waals surface area contributed by atoms with E-state index in [0.29, 0.717) is 5.41 Å². The van der Waals surface area contributed by atoms with Crippen LogP contribution in [0.2, 0.25) is 0 Å². The maximum absolute atomic E-state index is 3.41. The zero-order valence-electron chi connectivity index (χ0n) is 16.4. The average Bonchev–Trinajstić information content (AvgIpc) is 3.02. The molecule has 2 aromatic rings. The summed E-state index contributed by atoms with van der Waals surface area (Å²) in [4.78, 5) is 4.10. The van der Waals surface area contributed by atoms with Crippen molar-refractivity contribution in [2.45, 2.75) is 30.1 Å². The highest BCUT2D eigenvalue weighted by atomic mass is 32.2. The molecule has 1 saturated heterocycles. The summed E-state index contributed by atoms with van der Waals surface area (Å²) in [7, 11) is 0. The SMILES string of the molecule is CCC1(c2cccc(NSC)c2)CC2CN(CCSc3ccccc3)CC21. The van der Waals surface area contributed by atoms with Gasteiger partial charge in [0.15, 0.2) is 0 Å². The summed E-state index contributed by atoms with van der Waals surface area (Å²) in [6.07, 6.45) is 4.70. The van der Waals surface area contributed by atoms with E-state index in [1.54, 1.807) is 17.5 Å². The number of nitrogens with zero attached hydrogens (tertiary/aromatic N) is 1. The van der Waals surface area contributed by atoms with E-state index < -0.39 is 0 Å². The third-order valence-corrected chi connectivity index (χ3v) is 7.99. The topological polar surface area (TPSA) is 15.3 Å². The minimum Gasteiger partial charge on any atom is -0.330 e. The van der Waals surface area contributed by atoms with E-state index >= 15 is 0 Å². The molecule has 4 heteroatoms. The fourth-order valence-corrected chi connectivity index (χ4v) is 6.49. The van der Waals surface area contributed by atoms with Crippen molar-refractivity contribution in [1.29, 1.82) is 0 Å². The molecule has 3 atom stereocenters. The molecule has 0 bridgehead atoms. The molecule has 1 heterocycles. The average molecular weight is 399 g/mol. The number of rotatable bonds is 8. The van der Waals surface area contributed by atoms with E-state index in [9.17, 15) is 0 Å². The van der Waals surface area contributed by atoms with Gasteiger partial charge in [0.2, 0.25) is 0 Å². The van der Waals surface area contributed by atoms with E-state index in [0.717, 1.165) is 11.8 Å². The van der Waals surface area contributed by atoms with Crippen molar-refractivity contribution in [1.82, 2.24) is 4.90 Å². The minimum absolute atomic E-state index is 0.391. The first-order chi connectivity index (χ1) is 13.2. The fourth-order valence-electron chi connectivity index (χ4n) is 5.20. The molecule has 27 heavy (non-hydrogen) atoms. The van der Waals surface area contributed by atoms with Gasteiger partial charge < -0.3 is 9.62 Å². The van der Waals surface area contributed by atoms with Gasteiger partial charge >= 0.3 is 0 Å². The van der Waals surface area contributed by atoms with Gasteiger partial charge in [0.25, 0.3) is 0 Å². The number of benzene rings is 2. The molecule has 2 aromatic carbocycles. The third kappa shape index (κ3) is 3.90. The molecule has 2 fully saturated rings. The smallest absolute Gasteiger partial charge is 0.0442 e.